The molecule has 6 heteroatoms. The number of nitrogens with zero attached hydrogens (tertiary/aromatic N) is 2. The highest BCUT2D eigenvalue weighted by molar-refractivity contribution is 6.01. The minimum absolute atomic E-state index is 0.131. The predicted octanol–water partition coefficient (Wildman–Crippen LogP) is 0.962. The molecule has 0 atom stereocenters. The standard InChI is InChI=1S/C6H7NO4.C6H15N/c1-4(8)11-7-5(9)2-3-6(7)10;1-4-7(5-2)6-3/h2-3H2,1H3;4-6H2,1-3H3. The fourth-order valence-corrected chi connectivity index (χ4v) is 1.46. The van der Waals surface area contributed by atoms with Gasteiger partial charge in [0.15, 0.2) is 0 Å². The van der Waals surface area contributed by atoms with Crippen molar-refractivity contribution in [2.45, 2.75) is 40.5 Å². The van der Waals surface area contributed by atoms with E-state index in [4.69, 9.17) is 0 Å². The molecule has 6 nitrogen and oxygen atoms in total. The molecular formula is C12H22N2O4. The largest absolute Gasteiger partial charge is 0.331 e. The van der Waals surface area contributed by atoms with Crippen molar-refractivity contribution in [2.75, 3.05) is 19.6 Å². The van der Waals surface area contributed by atoms with Gasteiger partial charge >= 0.3 is 5.97 Å². The quantitative estimate of drug-likeness (QED) is 0.703. The van der Waals surface area contributed by atoms with Crippen molar-refractivity contribution in [1.82, 2.24) is 9.96 Å². The van der Waals surface area contributed by atoms with E-state index in [9.17, 15) is 14.4 Å². The van der Waals surface area contributed by atoms with Gasteiger partial charge in [-0.2, -0.15) is 0 Å². The molecule has 1 aliphatic rings. The first-order valence-electron chi connectivity index (χ1n) is 6.22. The van der Waals surface area contributed by atoms with Gasteiger partial charge in [-0.05, 0) is 19.6 Å². The maximum Gasteiger partial charge on any atom is 0.330 e. The molecule has 0 bridgehead atoms. The molecule has 104 valence electrons. The van der Waals surface area contributed by atoms with E-state index in [2.05, 4.69) is 30.5 Å². The third-order valence-electron chi connectivity index (χ3n) is 2.57. The lowest BCUT2D eigenvalue weighted by Gasteiger charge is -2.13. The number of hydroxylamine groups is 2. The predicted molar refractivity (Wildman–Crippen MR) is 66.3 cm³/mol. The van der Waals surface area contributed by atoms with Crippen molar-refractivity contribution in [3.63, 3.8) is 0 Å². The Labute approximate surface area is 108 Å². The average molecular weight is 258 g/mol. The molecule has 0 aromatic carbocycles. The van der Waals surface area contributed by atoms with E-state index >= 15 is 0 Å². The lowest BCUT2D eigenvalue weighted by atomic mass is 10.4. The molecule has 0 spiro atoms. The summed E-state index contributed by atoms with van der Waals surface area (Å²) in [6, 6.07) is 0. The second-order valence-corrected chi connectivity index (χ2v) is 3.78. The van der Waals surface area contributed by atoms with E-state index in [0.29, 0.717) is 5.06 Å². The summed E-state index contributed by atoms with van der Waals surface area (Å²) in [7, 11) is 0. The molecule has 1 saturated heterocycles. The zero-order valence-electron chi connectivity index (χ0n) is 11.6. The van der Waals surface area contributed by atoms with Gasteiger partial charge in [-0.15, -0.1) is 5.06 Å². The van der Waals surface area contributed by atoms with Crippen LogP contribution in [0.5, 0.6) is 0 Å². The molecule has 1 rings (SSSR count). The smallest absolute Gasteiger partial charge is 0.330 e. The lowest BCUT2D eigenvalue weighted by molar-refractivity contribution is -0.195. The summed E-state index contributed by atoms with van der Waals surface area (Å²) in [4.78, 5) is 38.5. The van der Waals surface area contributed by atoms with E-state index in [-0.39, 0.29) is 12.8 Å². The van der Waals surface area contributed by atoms with Crippen molar-refractivity contribution in [3.8, 4) is 0 Å². The summed E-state index contributed by atoms with van der Waals surface area (Å²) in [6.07, 6.45) is 0.262. The topological polar surface area (TPSA) is 66.9 Å². The summed E-state index contributed by atoms with van der Waals surface area (Å²) in [5, 5.41) is 0.516. The van der Waals surface area contributed by atoms with E-state index in [1.807, 2.05) is 0 Å². The van der Waals surface area contributed by atoms with Gasteiger partial charge < -0.3 is 9.74 Å². The summed E-state index contributed by atoms with van der Waals surface area (Å²) < 4.78 is 0. The Morgan fingerprint density at radius 1 is 1.11 bits per heavy atom. The first kappa shape index (κ1) is 16.6. The van der Waals surface area contributed by atoms with Gasteiger partial charge in [-0.3, -0.25) is 9.59 Å². The number of hydrogen-bond acceptors (Lipinski definition) is 5. The van der Waals surface area contributed by atoms with Gasteiger partial charge in [0.05, 0.1) is 0 Å². The summed E-state index contributed by atoms with van der Waals surface area (Å²) in [6.45, 7) is 11.3. The van der Waals surface area contributed by atoms with Crippen LogP contribution in [0.4, 0.5) is 0 Å². The molecule has 1 fully saturated rings. The molecule has 0 aromatic rings. The van der Waals surface area contributed by atoms with Gasteiger partial charge in [-0.1, -0.05) is 20.8 Å². The van der Waals surface area contributed by atoms with Crippen LogP contribution in [0, 0.1) is 0 Å². The van der Waals surface area contributed by atoms with Gasteiger partial charge in [0, 0.05) is 19.8 Å². The number of carbonyl (C=O) groups is 3. The first-order chi connectivity index (χ1) is 8.46. The highest BCUT2D eigenvalue weighted by atomic mass is 16.7. The van der Waals surface area contributed by atoms with Gasteiger partial charge in [0.25, 0.3) is 11.8 Å². The van der Waals surface area contributed by atoms with Crippen molar-refractivity contribution in [3.05, 3.63) is 0 Å². The van der Waals surface area contributed by atoms with E-state index in [0.717, 1.165) is 6.92 Å². The molecule has 0 radical (unpaired) electrons. The minimum Gasteiger partial charge on any atom is -0.331 e. The van der Waals surface area contributed by atoms with E-state index in [1.54, 1.807) is 0 Å². The van der Waals surface area contributed by atoms with Crippen LogP contribution < -0.4 is 0 Å². The lowest BCUT2D eigenvalue weighted by Crippen LogP contribution is -2.30. The van der Waals surface area contributed by atoms with Crippen LogP contribution in [0.1, 0.15) is 40.5 Å². The maximum absolute atomic E-state index is 10.7. The Kier molecular flexibility index (Phi) is 7.94. The van der Waals surface area contributed by atoms with Crippen molar-refractivity contribution in [2.24, 2.45) is 0 Å². The van der Waals surface area contributed by atoms with Crippen LogP contribution in [-0.4, -0.2) is 47.4 Å². The van der Waals surface area contributed by atoms with Crippen molar-refractivity contribution >= 4 is 17.8 Å². The molecule has 0 unspecified atom stereocenters. The van der Waals surface area contributed by atoms with Crippen LogP contribution in [0.2, 0.25) is 0 Å². The Morgan fingerprint density at radius 3 is 1.72 bits per heavy atom. The van der Waals surface area contributed by atoms with Gasteiger partial charge in [0.2, 0.25) is 0 Å². The van der Waals surface area contributed by atoms with Crippen LogP contribution in [0.15, 0.2) is 0 Å². The number of imide groups is 1. The summed E-state index contributed by atoms with van der Waals surface area (Å²) in [5.41, 5.74) is 0. The van der Waals surface area contributed by atoms with Crippen molar-refractivity contribution in [1.29, 1.82) is 0 Å². The van der Waals surface area contributed by atoms with Gasteiger partial charge in [0.1, 0.15) is 0 Å². The highest BCUT2D eigenvalue weighted by Gasteiger charge is 2.31. The summed E-state index contributed by atoms with van der Waals surface area (Å²) in [5.74, 6) is -1.57. The second-order valence-electron chi connectivity index (χ2n) is 3.78. The molecule has 1 aliphatic heterocycles. The van der Waals surface area contributed by atoms with Crippen LogP contribution in [-0.2, 0) is 19.2 Å². The van der Waals surface area contributed by atoms with E-state index in [1.165, 1.54) is 19.6 Å². The third kappa shape index (κ3) is 5.77. The molecule has 0 aromatic heterocycles. The van der Waals surface area contributed by atoms with Crippen LogP contribution in [0.3, 0.4) is 0 Å². The Morgan fingerprint density at radius 2 is 1.50 bits per heavy atom. The first-order valence-corrected chi connectivity index (χ1v) is 6.22. The Balaban J connectivity index is 0.000000360. The highest BCUT2D eigenvalue weighted by Crippen LogP contribution is 2.11. The molecule has 1 heterocycles. The average Bonchev–Trinajstić information content (AvgIpc) is 2.63. The SMILES string of the molecule is CC(=O)ON1C(=O)CCC1=O.CCN(CC)CC. The maximum atomic E-state index is 10.7. The minimum atomic E-state index is -0.659. The molecule has 18 heavy (non-hydrogen) atoms. The molecule has 0 N–H and O–H groups in total. The van der Waals surface area contributed by atoms with Crippen LogP contribution in [0.25, 0.3) is 0 Å². The molecular weight excluding hydrogens is 236 g/mol. The zero-order valence-corrected chi connectivity index (χ0v) is 11.6. The summed E-state index contributed by atoms with van der Waals surface area (Å²) >= 11 is 0. The fraction of sp³-hybridized carbons (Fsp3) is 0.750. The normalized spacial score (nSPS) is 14.6. The van der Waals surface area contributed by atoms with E-state index < -0.39 is 17.8 Å². The van der Waals surface area contributed by atoms with Crippen LogP contribution >= 0.6 is 0 Å². The molecule has 0 aliphatic carbocycles. The molecule has 0 saturated carbocycles. The zero-order chi connectivity index (χ0) is 14.1. The number of hydrogen-bond donors (Lipinski definition) is 0. The third-order valence-corrected chi connectivity index (χ3v) is 2.57. The van der Waals surface area contributed by atoms with Crippen molar-refractivity contribution < 1.29 is 19.2 Å². The number of carbonyl (C=O) groups excluding carboxylic acids is 3. The Hall–Kier alpha value is -1.43. The second kappa shape index (κ2) is 8.63. The van der Waals surface area contributed by atoms with Gasteiger partial charge in [-0.25, -0.2) is 4.79 Å². The Bertz CT molecular complexity index is 279. The monoisotopic (exact) mass is 258 g/mol. The number of amides is 2. The fourth-order valence-electron chi connectivity index (χ4n) is 1.46. The number of rotatable bonds is 4. The molecule has 2 amide bonds.